The molecule has 1 aliphatic heterocycles. The Morgan fingerprint density at radius 3 is 2.56 bits per heavy atom. The second kappa shape index (κ2) is 11.4. The minimum Gasteiger partial charge on any atom is -0.423 e. The van der Waals surface area contributed by atoms with Crippen LogP contribution >= 0.6 is 24.8 Å². The van der Waals surface area contributed by atoms with Crippen molar-refractivity contribution in [3.05, 3.63) is 76.3 Å². The third-order valence-electron chi connectivity index (χ3n) is 6.41. The summed E-state index contributed by atoms with van der Waals surface area (Å²) < 4.78 is 5.34. The number of hydrogen-bond donors (Lipinski definition) is 1. The van der Waals surface area contributed by atoms with Gasteiger partial charge < -0.3 is 14.3 Å². The van der Waals surface area contributed by atoms with Crippen LogP contribution in [0.15, 0.2) is 63.9 Å². The minimum absolute atomic E-state index is 0. The van der Waals surface area contributed by atoms with Crippen LogP contribution in [0.4, 0.5) is 5.69 Å². The molecule has 5 rings (SSSR count). The second-order valence-electron chi connectivity index (χ2n) is 8.42. The fourth-order valence-electron chi connectivity index (χ4n) is 4.67. The predicted molar refractivity (Wildman–Crippen MR) is 142 cm³/mol. The van der Waals surface area contributed by atoms with E-state index in [0.29, 0.717) is 11.1 Å². The number of halogens is 2. The van der Waals surface area contributed by atoms with Crippen molar-refractivity contribution in [2.24, 2.45) is 0 Å². The number of piperazine rings is 1. The van der Waals surface area contributed by atoms with Gasteiger partial charge in [0.25, 0.3) is 0 Å². The van der Waals surface area contributed by atoms with Crippen molar-refractivity contribution in [3.8, 4) is 6.07 Å². The summed E-state index contributed by atoms with van der Waals surface area (Å²) in [4.78, 5) is 20.1. The van der Waals surface area contributed by atoms with Gasteiger partial charge >= 0.3 is 5.63 Å². The van der Waals surface area contributed by atoms with Crippen LogP contribution < -0.4 is 10.5 Å². The summed E-state index contributed by atoms with van der Waals surface area (Å²) in [5, 5.41) is 11.3. The normalized spacial score (nSPS) is 13.9. The molecular weight excluding hydrogens is 471 g/mol. The average molecular weight is 499 g/mol. The number of para-hydroxylation sites is 1. The number of nitriles is 1. The number of aromatic amines is 1. The number of H-pyrrole nitrogens is 1. The van der Waals surface area contributed by atoms with Gasteiger partial charge in [-0.25, -0.2) is 4.79 Å². The van der Waals surface area contributed by atoms with E-state index in [0.717, 1.165) is 74.0 Å². The number of anilines is 1. The highest BCUT2D eigenvalue weighted by Gasteiger charge is 2.19. The highest BCUT2D eigenvalue weighted by atomic mass is 35.5. The first-order valence-corrected chi connectivity index (χ1v) is 11.2. The number of nitrogens with zero attached hydrogens (tertiary/aromatic N) is 3. The molecule has 34 heavy (non-hydrogen) atoms. The lowest BCUT2D eigenvalue weighted by Crippen LogP contribution is -2.46. The standard InChI is InChI=1S/C26H26N4O2.2ClH/c27-17-19-8-9-23-22(15-19)20(18-28-23)5-3-4-10-29-11-13-30(14-12-29)24-16-26(31)32-25-7-2-1-6-21(24)25;;/h1-2,6-9,15-16,18,28H,3-5,10-14H2;2*1H. The third kappa shape index (κ3) is 5.39. The SMILES string of the molecule is Cl.Cl.N#Cc1ccc2[nH]cc(CCCCN3CCN(c4cc(=O)oc5ccccc45)CC3)c2c1. The summed E-state index contributed by atoms with van der Waals surface area (Å²) in [6, 6.07) is 17.4. The van der Waals surface area contributed by atoms with Crippen molar-refractivity contribution >= 4 is 52.4 Å². The molecular formula is C26H28Cl2N4O2. The zero-order valence-electron chi connectivity index (χ0n) is 18.8. The lowest BCUT2D eigenvalue weighted by molar-refractivity contribution is 0.253. The van der Waals surface area contributed by atoms with Crippen LogP contribution in [0.25, 0.3) is 21.9 Å². The molecule has 0 saturated carbocycles. The predicted octanol–water partition coefficient (Wildman–Crippen LogP) is 5.13. The number of aryl methyl sites for hydroxylation is 1. The largest absolute Gasteiger partial charge is 0.423 e. The molecule has 4 aromatic rings. The van der Waals surface area contributed by atoms with Gasteiger partial charge in [-0.3, -0.25) is 4.90 Å². The van der Waals surface area contributed by atoms with E-state index in [1.54, 1.807) is 6.07 Å². The van der Waals surface area contributed by atoms with Crippen molar-refractivity contribution < 1.29 is 4.42 Å². The number of hydrogen-bond acceptors (Lipinski definition) is 5. The molecule has 6 nitrogen and oxygen atoms in total. The molecule has 0 spiro atoms. The van der Waals surface area contributed by atoms with Gasteiger partial charge in [0.15, 0.2) is 0 Å². The second-order valence-corrected chi connectivity index (χ2v) is 8.42. The van der Waals surface area contributed by atoms with Crippen LogP contribution in [0.5, 0.6) is 0 Å². The maximum Gasteiger partial charge on any atom is 0.338 e. The van der Waals surface area contributed by atoms with Gasteiger partial charge in [0.1, 0.15) is 5.58 Å². The molecule has 8 heteroatoms. The Bertz CT molecular complexity index is 1350. The summed E-state index contributed by atoms with van der Waals surface area (Å²) in [5.41, 5.74) is 4.43. The minimum atomic E-state index is -0.291. The first kappa shape index (κ1) is 25.6. The summed E-state index contributed by atoms with van der Waals surface area (Å²) in [6.45, 7) is 4.89. The molecule has 0 aliphatic carbocycles. The Balaban J connectivity index is 0.00000162. The van der Waals surface area contributed by atoms with Crippen LogP contribution in [0.2, 0.25) is 0 Å². The van der Waals surface area contributed by atoms with E-state index in [9.17, 15) is 4.79 Å². The number of rotatable bonds is 6. The van der Waals surface area contributed by atoms with Crippen LogP contribution in [0.1, 0.15) is 24.0 Å². The smallest absolute Gasteiger partial charge is 0.338 e. The molecule has 1 aliphatic rings. The maximum absolute atomic E-state index is 12.0. The van der Waals surface area contributed by atoms with E-state index in [-0.39, 0.29) is 30.4 Å². The molecule has 1 saturated heterocycles. The van der Waals surface area contributed by atoms with Crippen molar-refractivity contribution in [2.75, 3.05) is 37.6 Å². The van der Waals surface area contributed by atoms with Crippen LogP contribution in [-0.4, -0.2) is 42.6 Å². The molecule has 1 fully saturated rings. The zero-order chi connectivity index (χ0) is 21.9. The van der Waals surface area contributed by atoms with Crippen molar-refractivity contribution in [2.45, 2.75) is 19.3 Å². The van der Waals surface area contributed by atoms with Crippen molar-refractivity contribution in [1.82, 2.24) is 9.88 Å². The Kier molecular flexibility index (Phi) is 8.62. The Labute approximate surface area is 211 Å². The van der Waals surface area contributed by atoms with Gasteiger partial charge in [-0.05, 0) is 61.7 Å². The monoisotopic (exact) mass is 498 g/mol. The zero-order valence-corrected chi connectivity index (χ0v) is 20.5. The summed E-state index contributed by atoms with van der Waals surface area (Å²) in [7, 11) is 0. The van der Waals surface area contributed by atoms with Gasteiger partial charge in [-0.2, -0.15) is 5.26 Å². The molecule has 0 radical (unpaired) electrons. The topological polar surface area (TPSA) is 76.3 Å². The van der Waals surface area contributed by atoms with Gasteiger partial charge in [-0.1, -0.05) is 12.1 Å². The number of nitrogens with one attached hydrogen (secondary N) is 1. The van der Waals surface area contributed by atoms with Crippen LogP contribution in [-0.2, 0) is 6.42 Å². The molecule has 178 valence electrons. The van der Waals surface area contributed by atoms with E-state index < -0.39 is 0 Å². The first-order chi connectivity index (χ1) is 15.7. The van der Waals surface area contributed by atoms with E-state index in [4.69, 9.17) is 9.68 Å². The van der Waals surface area contributed by atoms with E-state index >= 15 is 0 Å². The van der Waals surface area contributed by atoms with Crippen LogP contribution in [0, 0.1) is 11.3 Å². The van der Waals surface area contributed by atoms with Gasteiger partial charge in [0, 0.05) is 54.7 Å². The summed E-state index contributed by atoms with van der Waals surface area (Å²) in [6.07, 6.45) is 5.35. The Morgan fingerprint density at radius 1 is 0.971 bits per heavy atom. The quantitative estimate of drug-likeness (QED) is 0.294. The molecule has 0 amide bonds. The summed E-state index contributed by atoms with van der Waals surface area (Å²) in [5.74, 6) is 0. The highest BCUT2D eigenvalue weighted by molar-refractivity contribution is 5.90. The van der Waals surface area contributed by atoms with E-state index in [2.05, 4.69) is 27.0 Å². The molecule has 2 aromatic carbocycles. The fraction of sp³-hybridized carbons (Fsp3) is 0.308. The fourth-order valence-corrected chi connectivity index (χ4v) is 4.67. The molecule has 0 atom stereocenters. The van der Waals surface area contributed by atoms with E-state index in [1.165, 1.54) is 5.56 Å². The third-order valence-corrected chi connectivity index (χ3v) is 6.41. The molecule has 0 bridgehead atoms. The van der Waals surface area contributed by atoms with Gasteiger partial charge in [0.2, 0.25) is 0 Å². The van der Waals surface area contributed by atoms with Gasteiger partial charge in [0.05, 0.1) is 17.3 Å². The molecule has 3 heterocycles. The van der Waals surface area contributed by atoms with Crippen molar-refractivity contribution in [1.29, 1.82) is 5.26 Å². The Morgan fingerprint density at radius 2 is 1.76 bits per heavy atom. The lowest BCUT2D eigenvalue weighted by Gasteiger charge is -2.36. The summed E-state index contributed by atoms with van der Waals surface area (Å²) >= 11 is 0. The molecule has 1 N–H and O–H groups in total. The number of fused-ring (bicyclic) bond motifs is 2. The molecule has 2 aromatic heterocycles. The molecule has 0 unspecified atom stereocenters. The van der Waals surface area contributed by atoms with Crippen molar-refractivity contribution in [3.63, 3.8) is 0 Å². The average Bonchev–Trinajstić information content (AvgIpc) is 3.23. The van der Waals surface area contributed by atoms with Crippen LogP contribution in [0.3, 0.4) is 0 Å². The maximum atomic E-state index is 12.0. The highest BCUT2D eigenvalue weighted by Crippen LogP contribution is 2.26. The van der Waals surface area contributed by atoms with Gasteiger partial charge in [-0.15, -0.1) is 24.8 Å². The number of benzene rings is 2. The first-order valence-electron chi connectivity index (χ1n) is 11.2. The Hall–Kier alpha value is -2.98. The van der Waals surface area contributed by atoms with E-state index in [1.807, 2.05) is 42.5 Å². The number of unbranched alkanes of at least 4 members (excludes halogenated alkanes) is 1. The number of aromatic nitrogens is 1. The lowest BCUT2D eigenvalue weighted by atomic mass is 10.0.